The third-order valence-corrected chi connectivity index (χ3v) is 8.13. The van der Waals surface area contributed by atoms with Gasteiger partial charge in [0.2, 0.25) is 0 Å². The number of fused-ring (bicyclic) bond motifs is 1. The molecule has 1 aliphatic heterocycles. The summed E-state index contributed by atoms with van der Waals surface area (Å²) in [6, 6.07) is 18.4. The van der Waals surface area contributed by atoms with Gasteiger partial charge in [-0.1, -0.05) is 6.07 Å². The van der Waals surface area contributed by atoms with Gasteiger partial charge in [0.15, 0.2) is 0 Å². The van der Waals surface area contributed by atoms with Crippen molar-refractivity contribution in [2.24, 2.45) is 5.92 Å². The molecule has 202 valence electrons. The van der Waals surface area contributed by atoms with Gasteiger partial charge in [0.05, 0.1) is 30.8 Å². The van der Waals surface area contributed by atoms with Crippen molar-refractivity contribution in [3.8, 4) is 17.2 Å². The quantitative estimate of drug-likeness (QED) is 0.259. The molecule has 1 saturated carbocycles. The Morgan fingerprint density at radius 3 is 2.36 bits per heavy atom. The van der Waals surface area contributed by atoms with Crippen LogP contribution in [0.1, 0.15) is 71.0 Å². The van der Waals surface area contributed by atoms with Crippen LogP contribution in [0.4, 0.5) is 0 Å². The fourth-order valence-electron chi connectivity index (χ4n) is 5.86. The van der Waals surface area contributed by atoms with Gasteiger partial charge >= 0.3 is 0 Å². The second-order valence-electron chi connectivity index (χ2n) is 11.2. The van der Waals surface area contributed by atoms with Crippen LogP contribution in [0.3, 0.4) is 0 Å². The molecule has 1 atom stereocenters. The fourth-order valence-corrected chi connectivity index (χ4v) is 5.86. The summed E-state index contributed by atoms with van der Waals surface area (Å²) in [4.78, 5) is 21.5. The summed E-state index contributed by atoms with van der Waals surface area (Å²) >= 11 is 0. The highest BCUT2D eigenvalue weighted by molar-refractivity contribution is 5.97. The maximum absolute atomic E-state index is 14.2. The number of imidazole rings is 1. The zero-order valence-electron chi connectivity index (χ0n) is 23.4. The Hall–Kier alpha value is -3.80. The van der Waals surface area contributed by atoms with Crippen molar-refractivity contribution in [3.05, 3.63) is 82.7 Å². The maximum Gasteiger partial charge on any atom is 0.255 e. The molecule has 4 aromatic rings. The highest BCUT2D eigenvalue weighted by atomic mass is 16.5. The lowest BCUT2D eigenvalue weighted by atomic mass is 9.96. The average Bonchev–Trinajstić information content (AvgIpc) is 3.70. The van der Waals surface area contributed by atoms with E-state index in [9.17, 15) is 4.79 Å². The van der Waals surface area contributed by atoms with Crippen molar-refractivity contribution >= 4 is 16.9 Å². The average molecular weight is 524 g/mol. The summed E-state index contributed by atoms with van der Waals surface area (Å²) in [7, 11) is 1.68. The van der Waals surface area contributed by atoms with Crippen LogP contribution >= 0.6 is 0 Å². The molecule has 3 aromatic carbocycles. The lowest BCUT2D eigenvalue weighted by molar-refractivity contribution is 0.0597. The molecule has 0 spiro atoms. The molecule has 2 aliphatic rings. The van der Waals surface area contributed by atoms with Crippen molar-refractivity contribution in [2.45, 2.75) is 58.9 Å². The van der Waals surface area contributed by atoms with E-state index in [1.807, 2.05) is 38.1 Å². The van der Waals surface area contributed by atoms with E-state index in [2.05, 4.69) is 46.7 Å². The van der Waals surface area contributed by atoms with Crippen LogP contribution in [-0.4, -0.2) is 40.6 Å². The molecule has 1 aliphatic carbocycles. The van der Waals surface area contributed by atoms with Gasteiger partial charge in [-0.3, -0.25) is 9.36 Å². The van der Waals surface area contributed by atoms with Crippen molar-refractivity contribution in [1.82, 2.24) is 14.5 Å². The van der Waals surface area contributed by atoms with E-state index in [1.54, 1.807) is 7.11 Å². The molecule has 2 fully saturated rings. The number of nitrogens with zero attached hydrogens (tertiary/aromatic N) is 3. The van der Waals surface area contributed by atoms with E-state index in [-0.39, 0.29) is 11.9 Å². The largest absolute Gasteiger partial charge is 0.497 e. The molecule has 2 heterocycles. The molecular formula is C33H37N3O3. The van der Waals surface area contributed by atoms with Crippen molar-refractivity contribution in [2.75, 3.05) is 20.3 Å². The predicted molar refractivity (Wildman–Crippen MR) is 154 cm³/mol. The van der Waals surface area contributed by atoms with E-state index >= 15 is 0 Å². The molecule has 1 saturated heterocycles. The SMILES string of the molecule is COc1ccc(-n2c(C3CCCCN3C(=O)c3c(C)cc(OCC4CC4)cc3C)nc3cc(C)ccc32)cc1. The number of benzene rings is 3. The summed E-state index contributed by atoms with van der Waals surface area (Å²) in [6.45, 7) is 7.62. The van der Waals surface area contributed by atoms with E-state index in [1.165, 1.54) is 18.4 Å². The zero-order chi connectivity index (χ0) is 27.1. The molecule has 6 heteroatoms. The number of aromatic nitrogens is 2. The standard InChI is InChI=1S/C33H37N3O3/c1-21-8-15-29-28(17-21)34-32(36(29)25-11-13-26(38-4)14-12-25)30-7-5-6-16-35(30)33(37)31-22(2)18-27(19-23(31)3)39-20-24-9-10-24/h8,11-15,17-19,24,30H,5-7,9-10,16,20H2,1-4H3. The van der Waals surface area contributed by atoms with Crippen LogP contribution in [0, 0.1) is 26.7 Å². The van der Waals surface area contributed by atoms with Gasteiger partial charge in [0.1, 0.15) is 17.3 Å². The van der Waals surface area contributed by atoms with Crippen LogP contribution in [0.15, 0.2) is 54.6 Å². The molecule has 1 unspecified atom stereocenters. The Morgan fingerprint density at radius 1 is 0.923 bits per heavy atom. The summed E-state index contributed by atoms with van der Waals surface area (Å²) in [5.41, 5.74) is 6.89. The first kappa shape index (κ1) is 25.5. The maximum atomic E-state index is 14.2. The van der Waals surface area contributed by atoms with E-state index in [0.29, 0.717) is 12.5 Å². The van der Waals surface area contributed by atoms with E-state index in [4.69, 9.17) is 14.5 Å². The molecule has 6 nitrogen and oxygen atoms in total. The first-order chi connectivity index (χ1) is 18.9. The third-order valence-electron chi connectivity index (χ3n) is 8.13. The minimum absolute atomic E-state index is 0.0768. The number of rotatable bonds is 7. The zero-order valence-corrected chi connectivity index (χ0v) is 23.4. The lowest BCUT2D eigenvalue weighted by Gasteiger charge is -2.36. The van der Waals surface area contributed by atoms with E-state index in [0.717, 1.165) is 76.6 Å². The van der Waals surface area contributed by atoms with Crippen LogP contribution in [0.5, 0.6) is 11.5 Å². The first-order valence-corrected chi connectivity index (χ1v) is 14.1. The van der Waals surface area contributed by atoms with Gasteiger partial charge in [0, 0.05) is 17.8 Å². The van der Waals surface area contributed by atoms with Crippen LogP contribution < -0.4 is 9.47 Å². The number of likely N-dealkylation sites (tertiary alicyclic amines) is 1. The van der Waals surface area contributed by atoms with E-state index < -0.39 is 0 Å². The van der Waals surface area contributed by atoms with Crippen LogP contribution in [-0.2, 0) is 0 Å². The molecule has 6 rings (SSSR count). The number of carbonyl (C=O) groups is 1. The molecule has 39 heavy (non-hydrogen) atoms. The lowest BCUT2D eigenvalue weighted by Crippen LogP contribution is -2.40. The van der Waals surface area contributed by atoms with Crippen LogP contribution in [0.25, 0.3) is 16.7 Å². The highest BCUT2D eigenvalue weighted by Gasteiger charge is 2.34. The molecule has 1 amide bonds. The number of ether oxygens (including phenoxy) is 2. The third kappa shape index (κ3) is 5.00. The Kier molecular flexibility index (Phi) is 6.79. The summed E-state index contributed by atoms with van der Waals surface area (Å²) < 4.78 is 13.7. The van der Waals surface area contributed by atoms with Crippen molar-refractivity contribution in [1.29, 1.82) is 0 Å². The highest BCUT2D eigenvalue weighted by Crippen LogP contribution is 2.37. The summed E-state index contributed by atoms with van der Waals surface area (Å²) in [6.07, 6.45) is 5.44. The number of aryl methyl sites for hydroxylation is 3. The minimum Gasteiger partial charge on any atom is -0.497 e. The first-order valence-electron chi connectivity index (χ1n) is 14.1. The molecule has 1 aromatic heterocycles. The molecule has 0 bridgehead atoms. The van der Waals surface area contributed by atoms with Gasteiger partial charge in [0.25, 0.3) is 5.91 Å². The monoisotopic (exact) mass is 523 g/mol. The number of hydrogen-bond acceptors (Lipinski definition) is 4. The second kappa shape index (κ2) is 10.4. The Morgan fingerprint density at radius 2 is 1.67 bits per heavy atom. The van der Waals surface area contributed by atoms with Gasteiger partial charge in [-0.2, -0.15) is 0 Å². The molecule has 0 radical (unpaired) electrons. The number of hydrogen-bond donors (Lipinski definition) is 0. The van der Waals surface area contributed by atoms with Crippen LogP contribution in [0.2, 0.25) is 0 Å². The Balaban J connectivity index is 1.40. The normalized spacial score (nSPS) is 17.4. The Bertz CT molecular complexity index is 1490. The van der Waals surface area contributed by atoms with Crippen molar-refractivity contribution in [3.63, 3.8) is 0 Å². The summed E-state index contributed by atoms with van der Waals surface area (Å²) in [5, 5.41) is 0. The van der Waals surface area contributed by atoms with Gasteiger partial charge < -0.3 is 14.4 Å². The number of amides is 1. The minimum atomic E-state index is -0.120. The number of methoxy groups -OCH3 is 1. The summed E-state index contributed by atoms with van der Waals surface area (Å²) in [5.74, 6) is 3.35. The number of piperidine rings is 1. The number of carbonyl (C=O) groups excluding carboxylic acids is 1. The topological polar surface area (TPSA) is 56.6 Å². The molecular weight excluding hydrogens is 486 g/mol. The fraction of sp³-hybridized carbons (Fsp3) is 0.394. The van der Waals surface area contributed by atoms with Gasteiger partial charge in [-0.25, -0.2) is 4.98 Å². The predicted octanol–water partition coefficient (Wildman–Crippen LogP) is 7.12. The molecule has 0 N–H and O–H groups in total. The Labute approximate surface area is 230 Å². The van der Waals surface area contributed by atoms with Crippen molar-refractivity contribution < 1.29 is 14.3 Å². The second-order valence-corrected chi connectivity index (χ2v) is 11.2. The smallest absolute Gasteiger partial charge is 0.255 e. The van der Waals surface area contributed by atoms with Gasteiger partial charge in [-0.15, -0.1) is 0 Å². The van der Waals surface area contributed by atoms with Gasteiger partial charge in [-0.05, 0) is 124 Å².